The average molecular weight is 579 g/mol. The van der Waals surface area contributed by atoms with Crippen LogP contribution in [-0.2, 0) is 4.74 Å². The number of phenolic OH excluding ortho intramolecular Hbond substituents is 1. The molecule has 0 radical (unpaired) electrons. The van der Waals surface area contributed by atoms with E-state index in [2.05, 4.69) is 55.0 Å². The maximum absolute atomic E-state index is 13.8. The van der Waals surface area contributed by atoms with E-state index in [0.29, 0.717) is 23.3 Å². The Labute approximate surface area is 253 Å². The molecule has 0 heterocycles. The van der Waals surface area contributed by atoms with E-state index in [9.17, 15) is 20.1 Å². The first-order chi connectivity index (χ1) is 19.5. The Morgan fingerprint density at radius 1 is 0.929 bits per heavy atom. The Morgan fingerprint density at radius 2 is 1.60 bits per heavy atom. The fraction of sp³-hybridized carbons (Fsp3) is 0.757. The summed E-state index contributed by atoms with van der Waals surface area (Å²) < 4.78 is 6.68. The molecule has 1 aromatic carbocycles. The van der Waals surface area contributed by atoms with Gasteiger partial charge in [-0.15, -0.1) is 0 Å². The monoisotopic (exact) mass is 578 g/mol. The van der Waals surface area contributed by atoms with E-state index in [4.69, 9.17) is 4.74 Å². The predicted octanol–water partition coefficient (Wildman–Crippen LogP) is 7.54. The third kappa shape index (κ3) is 3.90. The number of rotatable bonds is 3. The first-order valence-corrected chi connectivity index (χ1v) is 16.5. The van der Waals surface area contributed by atoms with Gasteiger partial charge < -0.3 is 20.1 Å². The minimum atomic E-state index is -0.420. The highest BCUT2D eigenvalue weighted by atomic mass is 16.5. The number of benzene rings is 1. The quantitative estimate of drug-likeness (QED) is 0.255. The lowest BCUT2D eigenvalue weighted by atomic mass is 9.31. The molecule has 0 spiro atoms. The van der Waals surface area contributed by atoms with Crippen molar-refractivity contribution in [2.45, 2.75) is 118 Å². The van der Waals surface area contributed by atoms with E-state index in [1.54, 1.807) is 24.3 Å². The highest BCUT2D eigenvalue weighted by molar-refractivity contribution is 5.89. The zero-order valence-corrected chi connectivity index (χ0v) is 27.0. The van der Waals surface area contributed by atoms with Gasteiger partial charge in [-0.1, -0.05) is 53.7 Å². The topological polar surface area (TPSA) is 87.0 Å². The van der Waals surface area contributed by atoms with E-state index < -0.39 is 6.10 Å². The maximum atomic E-state index is 13.8. The number of carbonyl (C=O) groups excluding carboxylic acids is 1. The number of hydrogen-bond donors (Lipinski definition) is 3. The molecule has 232 valence electrons. The fourth-order valence-corrected chi connectivity index (χ4v) is 12.6. The number of hydrogen-bond acceptors (Lipinski definition) is 5. The zero-order chi connectivity index (χ0) is 30.6. The second-order valence-corrected chi connectivity index (χ2v) is 16.9. The number of aliphatic hydroxyl groups excluding tert-OH is 2. The average Bonchev–Trinajstić information content (AvgIpc) is 3.25. The van der Waals surface area contributed by atoms with Crippen molar-refractivity contribution in [1.82, 2.24) is 0 Å². The molecule has 5 saturated carbocycles. The second-order valence-electron chi connectivity index (χ2n) is 16.9. The zero-order valence-electron chi connectivity index (χ0n) is 27.0. The van der Waals surface area contributed by atoms with Crippen molar-refractivity contribution >= 4 is 5.97 Å². The van der Waals surface area contributed by atoms with Gasteiger partial charge in [0.05, 0.1) is 17.8 Å². The summed E-state index contributed by atoms with van der Waals surface area (Å²) in [5.41, 5.74) is 0.781. The SMILES string of the molecule is C=C(C)[C@@H]1CC[C@]2(C)C[C@@H](O)[C@]3(C)[C@H](C[C@@H](OC(=O)c4ccc(O)cc4)[C@@H]4[C@@]5(C)CC[C@H](O)C(C)(C)[C@@H]5CC[C@]43C)[C@H]12. The minimum absolute atomic E-state index is 0.0416. The van der Waals surface area contributed by atoms with Crippen molar-refractivity contribution in [2.24, 2.45) is 56.7 Å². The molecule has 3 N–H and O–H groups in total. The number of allylic oxidation sites excluding steroid dienone is 1. The Hall–Kier alpha value is -1.85. The van der Waals surface area contributed by atoms with Gasteiger partial charge in [-0.05, 0) is 128 Å². The molecular formula is C37H54O5. The Morgan fingerprint density at radius 3 is 2.24 bits per heavy atom. The molecule has 1 aromatic rings. The smallest absolute Gasteiger partial charge is 0.338 e. The molecule has 5 fully saturated rings. The van der Waals surface area contributed by atoms with Crippen LogP contribution in [-0.4, -0.2) is 39.6 Å². The molecule has 0 saturated heterocycles. The lowest BCUT2D eigenvalue weighted by Gasteiger charge is -2.74. The van der Waals surface area contributed by atoms with Crippen molar-refractivity contribution in [2.75, 3.05) is 0 Å². The number of aliphatic hydroxyl groups is 2. The van der Waals surface area contributed by atoms with Gasteiger partial charge in [0.1, 0.15) is 11.9 Å². The van der Waals surface area contributed by atoms with Crippen LogP contribution in [0.1, 0.15) is 110 Å². The van der Waals surface area contributed by atoms with Gasteiger partial charge in [0, 0.05) is 11.3 Å². The maximum Gasteiger partial charge on any atom is 0.338 e. The highest BCUT2D eigenvalue weighted by Crippen LogP contribution is 2.77. The van der Waals surface area contributed by atoms with E-state index in [0.717, 1.165) is 51.4 Å². The summed E-state index contributed by atoms with van der Waals surface area (Å²) in [5.74, 6) is 1.15. The van der Waals surface area contributed by atoms with Crippen LogP contribution >= 0.6 is 0 Å². The minimum Gasteiger partial charge on any atom is -0.508 e. The molecule has 0 unspecified atom stereocenters. The van der Waals surface area contributed by atoms with Gasteiger partial charge in [0.25, 0.3) is 0 Å². The lowest BCUT2D eigenvalue weighted by molar-refractivity contribution is -0.298. The molecule has 5 nitrogen and oxygen atoms in total. The standard InChI is InChI=1S/C37H54O5/c1-21(2)24-13-16-34(5)20-29(40)37(8)25(30(24)34)19-26(42-32(41)22-9-11-23(38)12-10-22)31-35(6)17-15-28(39)33(3,4)27(35)14-18-36(31,37)7/h9-12,24-31,38-40H,1,13-20H2,2-8H3/t24-,25+,26+,27-,28-,29+,30-,31+,34+,35-,36+,37-/m0/s1. The van der Waals surface area contributed by atoms with Gasteiger partial charge in [-0.2, -0.15) is 0 Å². The number of aromatic hydroxyl groups is 1. The summed E-state index contributed by atoms with van der Waals surface area (Å²) >= 11 is 0. The summed E-state index contributed by atoms with van der Waals surface area (Å²) in [6, 6.07) is 6.37. The molecule has 12 atom stereocenters. The molecule has 6 rings (SSSR count). The molecular weight excluding hydrogens is 524 g/mol. The van der Waals surface area contributed by atoms with Crippen LogP contribution in [0.5, 0.6) is 5.75 Å². The van der Waals surface area contributed by atoms with Crippen molar-refractivity contribution in [1.29, 1.82) is 0 Å². The van der Waals surface area contributed by atoms with E-state index >= 15 is 0 Å². The van der Waals surface area contributed by atoms with Crippen molar-refractivity contribution in [3.05, 3.63) is 42.0 Å². The molecule has 5 heteroatoms. The van der Waals surface area contributed by atoms with Crippen LogP contribution in [0.3, 0.4) is 0 Å². The second kappa shape index (κ2) is 9.57. The number of carbonyl (C=O) groups is 1. The molecule has 0 amide bonds. The molecule has 0 aliphatic heterocycles. The first-order valence-electron chi connectivity index (χ1n) is 16.5. The number of ether oxygens (including phenoxy) is 1. The van der Waals surface area contributed by atoms with Crippen molar-refractivity contribution in [3.63, 3.8) is 0 Å². The fourth-order valence-electron chi connectivity index (χ4n) is 12.6. The molecule has 5 aliphatic rings. The third-order valence-electron chi connectivity index (χ3n) is 14.8. The summed E-state index contributed by atoms with van der Waals surface area (Å²) in [6.45, 7) is 20.7. The van der Waals surface area contributed by atoms with Crippen LogP contribution in [0, 0.1) is 56.7 Å². The molecule has 42 heavy (non-hydrogen) atoms. The van der Waals surface area contributed by atoms with Gasteiger partial charge in [0.15, 0.2) is 0 Å². The van der Waals surface area contributed by atoms with E-state index in [1.165, 1.54) is 5.57 Å². The van der Waals surface area contributed by atoms with Gasteiger partial charge in [-0.25, -0.2) is 4.79 Å². The summed E-state index contributed by atoms with van der Waals surface area (Å²) in [7, 11) is 0. The normalized spacial score (nSPS) is 49.2. The van der Waals surface area contributed by atoms with Gasteiger partial charge in [0.2, 0.25) is 0 Å². The Balaban J connectivity index is 1.50. The Kier molecular flexibility index (Phi) is 6.88. The summed E-state index contributed by atoms with van der Waals surface area (Å²) in [5, 5.41) is 33.3. The molecule has 0 aromatic heterocycles. The van der Waals surface area contributed by atoms with Crippen molar-refractivity contribution in [3.8, 4) is 5.75 Å². The third-order valence-corrected chi connectivity index (χ3v) is 14.8. The molecule has 5 aliphatic carbocycles. The van der Waals surface area contributed by atoms with Crippen LogP contribution in [0.2, 0.25) is 0 Å². The molecule has 0 bridgehead atoms. The van der Waals surface area contributed by atoms with E-state index in [-0.39, 0.29) is 62.8 Å². The lowest BCUT2D eigenvalue weighted by Crippen LogP contribution is -2.73. The van der Waals surface area contributed by atoms with Crippen molar-refractivity contribution < 1.29 is 24.9 Å². The van der Waals surface area contributed by atoms with Gasteiger partial charge in [-0.3, -0.25) is 0 Å². The van der Waals surface area contributed by atoms with Crippen LogP contribution < -0.4 is 0 Å². The van der Waals surface area contributed by atoms with Crippen LogP contribution in [0.4, 0.5) is 0 Å². The highest BCUT2D eigenvalue weighted by Gasteiger charge is 2.75. The van der Waals surface area contributed by atoms with Gasteiger partial charge >= 0.3 is 5.97 Å². The number of fused-ring (bicyclic) bond motifs is 7. The van der Waals surface area contributed by atoms with Crippen LogP contribution in [0.25, 0.3) is 0 Å². The Bertz CT molecular complexity index is 1250. The first kappa shape index (κ1) is 30.2. The summed E-state index contributed by atoms with van der Waals surface area (Å²) in [6.07, 6.45) is 6.30. The predicted molar refractivity (Wildman–Crippen MR) is 165 cm³/mol. The largest absolute Gasteiger partial charge is 0.508 e. The number of esters is 1. The van der Waals surface area contributed by atoms with E-state index in [1.807, 2.05) is 0 Å². The van der Waals surface area contributed by atoms with Crippen LogP contribution in [0.15, 0.2) is 36.4 Å². The number of phenols is 1. The summed E-state index contributed by atoms with van der Waals surface area (Å²) in [4.78, 5) is 13.8.